The van der Waals surface area contributed by atoms with E-state index < -0.39 is 28.5 Å². The minimum absolute atomic E-state index is 0.00745. The highest BCUT2D eigenvalue weighted by Gasteiger charge is 2.34. The van der Waals surface area contributed by atoms with Gasteiger partial charge in [-0.15, -0.1) is 0 Å². The van der Waals surface area contributed by atoms with Gasteiger partial charge in [0, 0.05) is 22.6 Å². The van der Waals surface area contributed by atoms with Crippen LogP contribution in [-0.4, -0.2) is 43.8 Å². The summed E-state index contributed by atoms with van der Waals surface area (Å²) in [5.74, 6) is -0.853. The number of nitrogens with zero attached hydrogens (tertiary/aromatic N) is 2. The molecule has 10 heteroatoms. The van der Waals surface area contributed by atoms with Crippen molar-refractivity contribution in [1.82, 2.24) is 10.2 Å². The Morgan fingerprint density at radius 2 is 1.60 bits per heavy atom. The number of hydrogen-bond acceptors (Lipinski definition) is 4. The molecule has 42 heavy (non-hydrogen) atoms. The molecule has 0 bridgehead atoms. The highest BCUT2D eigenvalue weighted by Crippen LogP contribution is 2.30. The van der Waals surface area contributed by atoms with Crippen molar-refractivity contribution in [3.8, 4) is 0 Å². The first-order chi connectivity index (χ1) is 19.8. The Morgan fingerprint density at radius 1 is 0.929 bits per heavy atom. The number of carbonyl (C=O) groups is 2. The molecular formula is C32H39Cl2N3O4S. The van der Waals surface area contributed by atoms with Crippen molar-refractivity contribution in [2.24, 2.45) is 0 Å². The van der Waals surface area contributed by atoms with Crippen molar-refractivity contribution in [1.29, 1.82) is 0 Å². The van der Waals surface area contributed by atoms with Gasteiger partial charge in [-0.2, -0.15) is 0 Å². The fourth-order valence-electron chi connectivity index (χ4n) is 4.55. The monoisotopic (exact) mass is 631 g/mol. The van der Waals surface area contributed by atoms with Crippen LogP contribution in [0.3, 0.4) is 0 Å². The molecule has 0 fully saturated rings. The summed E-state index contributed by atoms with van der Waals surface area (Å²) in [6.07, 6.45) is 1.03. The van der Waals surface area contributed by atoms with Gasteiger partial charge in [0.25, 0.3) is 10.0 Å². The van der Waals surface area contributed by atoms with E-state index in [0.717, 1.165) is 21.0 Å². The Morgan fingerprint density at radius 3 is 2.19 bits per heavy atom. The number of halogens is 2. The van der Waals surface area contributed by atoms with Gasteiger partial charge in [-0.3, -0.25) is 13.9 Å². The van der Waals surface area contributed by atoms with E-state index in [-0.39, 0.29) is 23.4 Å². The Hall–Kier alpha value is -3.07. The standard InChI is InChI=1S/C32H39Cl2N3O4S/c1-7-23(5)35-32(39)29(8-2)36(19-25-14-15-26(33)18-28(25)34)31(38)20-37(30-11-9-10-22(4)24(30)6)42(40,41)27-16-12-21(3)13-17-27/h9-18,23,29H,7-8,19-20H2,1-6H3,(H,35,39)/t23-,29+/m0/s1. The third-order valence-corrected chi connectivity index (χ3v) is 9.84. The topological polar surface area (TPSA) is 86.8 Å². The zero-order valence-corrected chi connectivity index (χ0v) is 27.3. The van der Waals surface area contributed by atoms with Gasteiger partial charge in [0.05, 0.1) is 10.6 Å². The number of sulfonamides is 1. The van der Waals surface area contributed by atoms with Crippen molar-refractivity contribution in [2.75, 3.05) is 10.8 Å². The van der Waals surface area contributed by atoms with E-state index in [9.17, 15) is 18.0 Å². The van der Waals surface area contributed by atoms with Crippen LogP contribution in [0.5, 0.6) is 0 Å². The lowest BCUT2D eigenvalue weighted by Gasteiger charge is -2.34. The number of amides is 2. The minimum Gasteiger partial charge on any atom is -0.352 e. The first-order valence-electron chi connectivity index (χ1n) is 14.0. The van der Waals surface area contributed by atoms with Crippen LogP contribution in [0, 0.1) is 20.8 Å². The molecule has 3 aromatic carbocycles. The maximum Gasteiger partial charge on any atom is 0.264 e. The Balaban J connectivity index is 2.13. The van der Waals surface area contributed by atoms with Crippen molar-refractivity contribution in [3.05, 3.63) is 93.0 Å². The molecule has 0 radical (unpaired) electrons. The van der Waals surface area contributed by atoms with Gasteiger partial charge in [-0.25, -0.2) is 8.42 Å². The maximum absolute atomic E-state index is 14.3. The molecule has 0 unspecified atom stereocenters. The highest BCUT2D eigenvalue weighted by molar-refractivity contribution is 7.92. The molecule has 0 aliphatic heterocycles. The van der Waals surface area contributed by atoms with Crippen molar-refractivity contribution in [3.63, 3.8) is 0 Å². The van der Waals surface area contributed by atoms with Gasteiger partial charge in [-0.05, 0) is 87.6 Å². The van der Waals surface area contributed by atoms with Gasteiger partial charge in [-0.1, -0.05) is 72.9 Å². The molecule has 2 amide bonds. The van der Waals surface area contributed by atoms with E-state index >= 15 is 0 Å². The van der Waals surface area contributed by atoms with Crippen LogP contribution in [0.15, 0.2) is 65.6 Å². The fraction of sp³-hybridized carbons (Fsp3) is 0.375. The molecule has 0 aromatic heterocycles. The molecule has 0 aliphatic carbocycles. The summed E-state index contributed by atoms with van der Waals surface area (Å²) in [5, 5.41) is 3.75. The Labute approximate surface area is 259 Å². The van der Waals surface area contributed by atoms with Crippen molar-refractivity contribution >= 4 is 50.7 Å². The SMILES string of the molecule is CC[C@H](C(=O)N[C@@H](C)CC)N(Cc1ccc(Cl)cc1Cl)C(=O)CN(c1cccc(C)c1C)S(=O)(=O)c1ccc(C)cc1. The van der Waals surface area contributed by atoms with Gasteiger partial charge < -0.3 is 10.2 Å². The van der Waals surface area contributed by atoms with E-state index in [1.807, 2.05) is 47.6 Å². The number of nitrogens with one attached hydrogen (secondary N) is 1. The molecule has 0 aliphatic rings. The predicted octanol–water partition coefficient (Wildman–Crippen LogP) is 6.84. The molecule has 1 N–H and O–H groups in total. The van der Waals surface area contributed by atoms with Gasteiger partial charge in [0.1, 0.15) is 12.6 Å². The van der Waals surface area contributed by atoms with Crippen LogP contribution in [0.25, 0.3) is 0 Å². The molecule has 0 saturated heterocycles. The first kappa shape index (κ1) is 33.4. The second kappa shape index (κ2) is 14.4. The van der Waals surface area contributed by atoms with Gasteiger partial charge in [0.15, 0.2) is 0 Å². The van der Waals surface area contributed by atoms with Crippen LogP contribution in [0.2, 0.25) is 10.0 Å². The fourth-order valence-corrected chi connectivity index (χ4v) is 6.49. The molecule has 226 valence electrons. The smallest absolute Gasteiger partial charge is 0.264 e. The highest BCUT2D eigenvalue weighted by atomic mass is 35.5. The van der Waals surface area contributed by atoms with E-state index in [0.29, 0.717) is 34.1 Å². The van der Waals surface area contributed by atoms with Crippen LogP contribution in [0.4, 0.5) is 5.69 Å². The number of carbonyl (C=O) groups excluding carboxylic acids is 2. The second-order valence-electron chi connectivity index (χ2n) is 10.5. The number of hydrogen-bond donors (Lipinski definition) is 1. The van der Waals surface area contributed by atoms with Crippen molar-refractivity contribution < 1.29 is 18.0 Å². The Bertz CT molecular complexity index is 1530. The average Bonchev–Trinajstić information content (AvgIpc) is 2.94. The quantitative estimate of drug-likeness (QED) is 0.237. The zero-order valence-electron chi connectivity index (χ0n) is 24.9. The second-order valence-corrected chi connectivity index (χ2v) is 13.2. The maximum atomic E-state index is 14.3. The third-order valence-electron chi connectivity index (χ3n) is 7.48. The minimum atomic E-state index is -4.16. The molecule has 2 atom stereocenters. The number of rotatable bonds is 12. The first-order valence-corrected chi connectivity index (χ1v) is 16.2. The Kier molecular flexibility index (Phi) is 11.5. The molecule has 7 nitrogen and oxygen atoms in total. The van der Waals surface area contributed by atoms with E-state index in [2.05, 4.69) is 5.32 Å². The van der Waals surface area contributed by atoms with Crippen molar-refractivity contribution in [2.45, 2.75) is 77.9 Å². The predicted molar refractivity (Wildman–Crippen MR) is 171 cm³/mol. The number of aryl methyl sites for hydroxylation is 2. The summed E-state index contributed by atoms with van der Waals surface area (Å²) in [6, 6.07) is 15.8. The van der Waals surface area contributed by atoms with Crippen LogP contribution in [-0.2, 0) is 26.2 Å². The number of benzene rings is 3. The van der Waals surface area contributed by atoms with Crippen LogP contribution >= 0.6 is 23.2 Å². The van der Waals surface area contributed by atoms with Crippen LogP contribution < -0.4 is 9.62 Å². The molecule has 0 saturated carbocycles. The summed E-state index contributed by atoms with van der Waals surface area (Å²) >= 11 is 12.6. The lowest BCUT2D eigenvalue weighted by molar-refractivity contribution is -0.140. The molecule has 0 spiro atoms. The lowest BCUT2D eigenvalue weighted by atomic mass is 10.1. The summed E-state index contributed by atoms with van der Waals surface area (Å²) in [7, 11) is -4.16. The summed E-state index contributed by atoms with van der Waals surface area (Å²) in [4.78, 5) is 29.2. The largest absolute Gasteiger partial charge is 0.352 e. The van der Waals surface area contributed by atoms with E-state index in [1.165, 1.54) is 17.0 Å². The van der Waals surface area contributed by atoms with E-state index in [1.54, 1.807) is 42.5 Å². The molecule has 0 heterocycles. The number of anilines is 1. The summed E-state index contributed by atoms with van der Waals surface area (Å²) < 4.78 is 29.4. The normalized spacial score (nSPS) is 12.9. The molecular weight excluding hydrogens is 593 g/mol. The van der Waals surface area contributed by atoms with Crippen LogP contribution in [0.1, 0.15) is 55.9 Å². The third kappa shape index (κ3) is 7.85. The molecule has 3 rings (SSSR count). The summed E-state index contributed by atoms with van der Waals surface area (Å²) in [5.41, 5.74) is 3.50. The van der Waals surface area contributed by atoms with E-state index in [4.69, 9.17) is 23.2 Å². The zero-order chi connectivity index (χ0) is 31.2. The van der Waals surface area contributed by atoms with Gasteiger partial charge >= 0.3 is 0 Å². The molecule has 3 aromatic rings. The van der Waals surface area contributed by atoms with Gasteiger partial charge in [0.2, 0.25) is 11.8 Å². The summed E-state index contributed by atoms with van der Waals surface area (Å²) in [6.45, 7) is 10.7. The lowest BCUT2D eigenvalue weighted by Crippen LogP contribution is -2.53. The average molecular weight is 633 g/mol.